The highest BCUT2D eigenvalue weighted by atomic mass is 32.1. The number of nitrogens with zero attached hydrogens (tertiary/aromatic N) is 1. The first-order chi connectivity index (χ1) is 10.1. The summed E-state index contributed by atoms with van der Waals surface area (Å²) in [5.74, 6) is -0.972. The second-order valence-corrected chi connectivity index (χ2v) is 5.52. The Labute approximate surface area is 125 Å². The van der Waals surface area contributed by atoms with Crippen molar-refractivity contribution in [1.82, 2.24) is 0 Å². The minimum Gasteiger partial charge on any atom is -0.451 e. The third kappa shape index (κ3) is 4.16. The Kier molecular flexibility index (Phi) is 4.69. The Balaban J connectivity index is 1.87. The second-order valence-electron chi connectivity index (χ2n) is 4.23. The molecule has 0 atom stereocenters. The van der Waals surface area contributed by atoms with Crippen molar-refractivity contribution in [1.29, 1.82) is 5.26 Å². The van der Waals surface area contributed by atoms with E-state index in [9.17, 15) is 9.59 Å². The molecule has 6 heteroatoms. The van der Waals surface area contributed by atoms with Gasteiger partial charge in [0.25, 0.3) is 5.91 Å². The molecule has 0 aliphatic heterocycles. The normalized spacial score (nSPS) is 9.71. The zero-order valence-corrected chi connectivity index (χ0v) is 12.1. The van der Waals surface area contributed by atoms with Crippen molar-refractivity contribution in [2.24, 2.45) is 0 Å². The van der Waals surface area contributed by atoms with Crippen molar-refractivity contribution in [3.8, 4) is 6.07 Å². The summed E-state index contributed by atoms with van der Waals surface area (Å²) in [5.41, 5.74) is 0.931. The molecule has 0 bridgehead atoms. The number of aryl methyl sites for hydroxylation is 1. The quantitative estimate of drug-likeness (QED) is 0.880. The van der Waals surface area contributed by atoms with Crippen LogP contribution in [-0.2, 0) is 9.53 Å². The number of rotatable bonds is 4. The van der Waals surface area contributed by atoms with Gasteiger partial charge in [-0.05, 0) is 37.3 Å². The molecule has 0 saturated carbocycles. The SMILES string of the molecule is Cc1ccc(C(=O)OCC(=O)Nc2cccc(C#N)c2)s1. The Hall–Kier alpha value is -2.65. The van der Waals surface area contributed by atoms with Crippen LogP contribution in [0.4, 0.5) is 5.69 Å². The molecule has 1 N–H and O–H groups in total. The van der Waals surface area contributed by atoms with Crippen LogP contribution in [0.15, 0.2) is 36.4 Å². The van der Waals surface area contributed by atoms with Crippen molar-refractivity contribution in [3.63, 3.8) is 0 Å². The van der Waals surface area contributed by atoms with Gasteiger partial charge < -0.3 is 10.1 Å². The number of thiophene rings is 1. The van der Waals surface area contributed by atoms with Gasteiger partial charge in [0.2, 0.25) is 0 Å². The fourth-order valence-corrected chi connectivity index (χ4v) is 2.37. The van der Waals surface area contributed by atoms with Crippen molar-refractivity contribution < 1.29 is 14.3 Å². The van der Waals surface area contributed by atoms with E-state index in [4.69, 9.17) is 10.00 Å². The molecule has 2 rings (SSSR count). The number of ether oxygens (including phenoxy) is 1. The first-order valence-electron chi connectivity index (χ1n) is 6.12. The number of nitrogens with one attached hydrogen (secondary N) is 1. The number of amides is 1. The van der Waals surface area contributed by atoms with E-state index in [1.54, 1.807) is 30.3 Å². The van der Waals surface area contributed by atoms with Gasteiger partial charge in [-0.2, -0.15) is 5.26 Å². The van der Waals surface area contributed by atoms with Gasteiger partial charge in [0.15, 0.2) is 6.61 Å². The summed E-state index contributed by atoms with van der Waals surface area (Å²) >= 11 is 1.31. The topological polar surface area (TPSA) is 79.2 Å². The lowest BCUT2D eigenvalue weighted by atomic mass is 10.2. The lowest BCUT2D eigenvalue weighted by Crippen LogP contribution is -2.20. The van der Waals surface area contributed by atoms with E-state index in [1.807, 2.05) is 19.1 Å². The molecule has 2 aromatic rings. The summed E-state index contributed by atoms with van der Waals surface area (Å²) in [6, 6.07) is 12.0. The first-order valence-corrected chi connectivity index (χ1v) is 6.94. The number of hydrogen-bond acceptors (Lipinski definition) is 5. The van der Waals surface area contributed by atoms with Crippen LogP contribution in [0.25, 0.3) is 0 Å². The van der Waals surface area contributed by atoms with E-state index in [1.165, 1.54) is 11.3 Å². The first kappa shape index (κ1) is 14.8. The van der Waals surface area contributed by atoms with E-state index < -0.39 is 11.9 Å². The number of hydrogen-bond donors (Lipinski definition) is 1. The Morgan fingerprint density at radius 2 is 2.14 bits per heavy atom. The predicted molar refractivity (Wildman–Crippen MR) is 79.1 cm³/mol. The Bertz CT molecular complexity index is 716. The van der Waals surface area contributed by atoms with Gasteiger partial charge in [-0.3, -0.25) is 4.79 Å². The number of carbonyl (C=O) groups is 2. The van der Waals surface area contributed by atoms with Crippen LogP contribution in [0.1, 0.15) is 20.1 Å². The van der Waals surface area contributed by atoms with Crippen LogP contribution in [-0.4, -0.2) is 18.5 Å². The molecule has 106 valence electrons. The van der Waals surface area contributed by atoms with Crippen molar-refractivity contribution in [2.75, 3.05) is 11.9 Å². The molecule has 0 spiro atoms. The molecule has 0 fully saturated rings. The fraction of sp³-hybridized carbons (Fsp3) is 0.133. The van der Waals surface area contributed by atoms with Crippen LogP contribution >= 0.6 is 11.3 Å². The van der Waals surface area contributed by atoms with Crippen molar-refractivity contribution in [2.45, 2.75) is 6.92 Å². The summed E-state index contributed by atoms with van der Waals surface area (Å²) in [4.78, 5) is 24.8. The molecule has 0 radical (unpaired) electrons. The average molecular weight is 300 g/mol. The van der Waals surface area contributed by atoms with Crippen LogP contribution in [0, 0.1) is 18.3 Å². The zero-order valence-electron chi connectivity index (χ0n) is 11.3. The minimum atomic E-state index is -0.519. The molecule has 0 aliphatic rings. The standard InChI is InChI=1S/C15H12N2O3S/c1-10-5-6-13(21-10)15(19)20-9-14(18)17-12-4-2-3-11(7-12)8-16/h2-7H,9H2,1H3,(H,17,18). The fourth-order valence-electron chi connectivity index (χ4n) is 1.61. The number of esters is 1. The highest BCUT2D eigenvalue weighted by Crippen LogP contribution is 2.16. The molecule has 0 aliphatic carbocycles. The summed E-state index contributed by atoms with van der Waals surface area (Å²) in [7, 11) is 0. The molecule has 5 nitrogen and oxygen atoms in total. The molecular weight excluding hydrogens is 288 g/mol. The van der Waals surface area contributed by atoms with Gasteiger partial charge in [0, 0.05) is 10.6 Å². The minimum absolute atomic E-state index is 0.368. The van der Waals surface area contributed by atoms with E-state index >= 15 is 0 Å². The molecule has 1 heterocycles. The van der Waals surface area contributed by atoms with Crippen molar-refractivity contribution in [3.05, 3.63) is 51.7 Å². The van der Waals surface area contributed by atoms with Crippen LogP contribution in [0.5, 0.6) is 0 Å². The van der Waals surface area contributed by atoms with E-state index in [-0.39, 0.29) is 6.61 Å². The number of nitriles is 1. The predicted octanol–water partition coefficient (Wildman–Crippen LogP) is 2.72. The van der Waals surface area contributed by atoms with Crippen LogP contribution in [0.3, 0.4) is 0 Å². The highest BCUT2D eigenvalue weighted by molar-refractivity contribution is 7.13. The molecular formula is C15H12N2O3S. The van der Waals surface area contributed by atoms with Crippen molar-refractivity contribution >= 4 is 28.9 Å². The van der Waals surface area contributed by atoms with Crippen LogP contribution in [0.2, 0.25) is 0 Å². The lowest BCUT2D eigenvalue weighted by Gasteiger charge is -2.06. The van der Waals surface area contributed by atoms with Gasteiger partial charge in [-0.15, -0.1) is 11.3 Å². The molecule has 1 amide bonds. The highest BCUT2D eigenvalue weighted by Gasteiger charge is 2.12. The summed E-state index contributed by atoms with van der Waals surface area (Å²) < 4.78 is 4.93. The number of anilines is 1. The smallest absolute Gasteiger partial charge is 0.348 e. The Morgan fingerprint density at radius 1 is 1.33 bits per heavy atom. The third-order valence-corrected chi connectivity index (χ3v) is 3.53. The number of carbonyl (C=O) groups excluding carboxylic acids is 2. The molecule has 21 heavy (non-hydrogen) atoms. The summed E-state index contributed by atoms with van der Waals surface area (Å²) in [5, 5.41) is 11.3. The zero-order chi connectivity index (χ0) is 15.2. The van der Waals surface area contributed by atoms with E-state index in [2.05, 4.69) is 5.32 Å². The van der Waals surface area contributed by atoms with Gasteiger partial charge in [0.05, 0.1) is 11.6 Å². The second kappa shape index (κ2) is 6.68. The lowest BCUT2D eigenvalue weighted by molar-refractivity contribution is -0.119. The van der Waals surface area contributed by atoms with E-state index in [0.717, 1.165) is 4.88 Å². The van der Waals surface area contributed by atoms with Crippen LogP contribution < -0.4 is 5.32 Å². The van der Waals surface area contributed by atoms with Gasteiger partial charge in [-0.1, -0.05) is 6.07 Å². The summed E-state index contributed by atoms with van der Waals surface area (Å²) in [6.45, 7) is 1.52. The monoisotopic (exact) mass is 300 g/mol. The van der Waals surface area contributed by atoms with E-state index in [0.29, 0.717) is 16.1 Å². The molecule has 0 saturated heterocycles. The largest absolute Gasteiger partial charge is 0.451 e. The average Bonchev–Trinajstić information content (AvgIpc) is 2.91. The Morgan fingerprint density at radius 3 is 2.81 bits per heavy atom. The van der Waals surface area contributed by atoms with Gasteiger partial charge in [0.1, 0.15) is 4.88 Å². The summed E-state index contributed by atoms with van der Waals surface area (Å²) in [6.07, 6.45) is 0. The number of benzene rings is 1. The molecule has 1 aromatic heterocycles. The maximum Gasteiger partial charge on any atom is 0.348 e. The maximum atomic E-state index is 11.7. The maximum absolute atomic E-state index is 11.7. The molecule has 0 unspecified atom stereocenters. The van der Waals surface area contributed by atoms with Gasteiger partial charge in [-0.25, -0.2) is 4.79 Å². The molecule has 1 aromatic carbocycles. The third-order valence-electron chi connectivity index (χ3n) is 2.55. The van der Waals surface area contributed by atoms with Gasteiger partial charge >= 0.3 is 5.97 Å².